The molecule has 0 unspecified atom stereocenters. The van der Waals surface area contributed by atoms with Gasteiger partial charge in [-0.3, -0.25) is 0 Å². The Morgan fingerprint density at radius 2 is 1.00 bits per heavy atom. The Bertz CT molecular complexity index is 485. The summed E-state index contributed by atoms with van der Waals surface area (Å²) in [5.74, 6) is 0. The van der Waals surface area contributed by atoms with E-state index in [1.54, 1.807) is 0 Å². The molecule has 0 bridgehead atoms. The largest absolute Gasteiger partial charge is 0.147 e. The molecule has 0 saturated carbocycles. The summed E-state index contributed by atoms with van der Waals surface area (Å²) in [6, 6.07) is 18.0. The van der Waals surface area contributed by atoms with Crippen molar-refractivity contribution in [2.45, 2.75) is 0 Å². The number of rotatable bonds is 3. The van der Waals surface area contributed by atoms with Crippen LogP contribution in [0.15, 0.2) is 74.3 Å². The second kappa shape index (κ2) is 9.93. The molecule has 98 valence electrons. The van der Waals surface area contributed by atoms with Gasteiger partial charge in [0.15, 0.2) is 0 Å². The number of hydrogen-bond acceptors (Lipinski definition) is 0. The molecule has 0 radical (unpaired) electrons. The lowest BCUT2D eigenvalue weighted by molar-refractivity contribution is 1.62. The van der Waals surface area contributed by atoms with Crippen molar-refractivity contribution >= 4 is 30.6 Å². The summed E-state index contributed by atoms with van der Waals surface area (Å²) in [5.41, 5.74) is 3.45. The van der Waals surface area contributed by atoms with E-state index in [2.05, 4.69) is 19.7 Å². The maximum Gasteiger partial charge on any atom is -0.0190 e. The molecule has 0 nitrogen and oxygen atoms in total. The summed E-state index contributed by atoms with van der Waals surface area (Å²) in [6.07, 6.45) is 5.49. The van der Waals surface area contributed by atoms with Gasteiger partial charge in [-0.1, -0.05) is 92.6 Å². The van der Waals surface area contributed by atoms with E-state index in [0.29, 0.717) is 0 Å². The van der Waals surface area contributed by atoms with Crippen LogP contribution in [0.2, 0.25) is 0 Å². The molecule has 0 amide bonds. The normalized spacial score (nSPS) is 8.21. The molecule has 2 aromatic rings. The molecule has 19 heavy (non-hydrogen) atoms. The van der Waals surface area contributed by atoms with E-state index in [4.69, 9.17) is 0 Å². The van der Waals surface area contributed by atoms with Crippen LogP contribution in [-0.4, -0.2) is 0 Å². The number of hydrogen-bond donors (Lipinski definition) is 0. The Hall–Kier alpha value is -2.05. The summed E-state index contributed by atoms with van der Waals surface area (Å²) in [6.45, 7) is 11.0. The van der Waals surface area contributed by atoms with Gasteiger partial charge < -0.3 is 0 Å². The van der Waals surface area contributed by atoms with Crippen molar-refractivity contribution in [3.63, 3.8) is 0 Å². The topological polar surface area (TPSA) is 0 Å². The summed E-state index contributed by atoms with van der Waals surface area (Å²) < 4.78 is 0. The van der Waals surface area contributed by atoms with E-state index >= 15 is 0 Å². The number of benzene rings is 2. The molecule has 0 spiro atoms. The van der Waals surface area contributed by atoms with E-state index in [-0.39, 0.29) is 12.4 Å². The quantitative estimate of drug-likeness (QED) is 0.669. The highest BCUT2D eigenvalue weighted by molar-refractivity contribution is 5.85. The third-order valence-corrected chi connectivity index (χ3v) is 2.47. The second-order valence-corrected chi connectivity index (χ2v) is 3.65. The fourth-order valence-corrected chi connectivity index (χ4v) is 1.47. The first-order valence-electron chi connectivity index (χ1n) is 5.83. The van der Waals surface area contributed by atoms with Crippen LogP contribution >= 0.6 is 12.4 Å². The zero-order valence-electron chi connectivity index (χ0n) is 11.0. The minimum absolute atomic E-state index is 0. The van der Waals surface area contributed by atoms with Crippen molar-refractivity contribution in [3.05, 3.63) is 91.0 Å². The standard InChI is InChI=1S/C10H10.C8H8.ClH/c1-3-9-7-5-6-8-10(9)4-2;1-2-8-6-4-3-5-7-8;/h3-8H,1-2H2;2-7H,1H2;1H. The summed E-state index contributed by atoms with van der Waals surface area (Å²) in [5, 5.41) is 0. The van der Waals surface area contributed by atoms with Crippen LogP contribution in [0.5, 0.6) is 0 Å². The molecule has 0 saturated heterocycles. The lowest BCUT2D eigenvalue weighted by Crippen LogP contribution is -1.76. The highest BCUT2D eigenvalue weighted by Gasteiger charge is 1.89. The van der Waals surface area contributed by atoms with Crippen molar-refractivity contribution in [3.8, 4) is 0 Å². The van der Waals surface area contributed by atoms with Gasteiger partial charge in [-0.25, -0.2) is 0 Å². The Kier molecular flexibility index (Phi) is 8.86. The third-order valence-electron chi connectivity index (χ3n) is 2.47. The smallest absolute Gasteiger partial charge is 0.0190 e. The minimum atomic E-state index is 0. The molecule has 0 fully saturated rings. The molecule has 0 atom stereocenters. The SMILES string of the molecule is C=Cc1ccccc1.C=Cc1ccccc1C=C.Cl. The van der Waals surface area contributed by atoms with Gasteiger partial charge in [-0.2, -0.15) is 0 Å². The first-order chi connectivity index (χ1) is 8.81. The van der Waals surface area contributed by atoms with E-state index in [9.17, 15) is 0 Å². The van der Waals surface area contributed by atoms with Gasteiger partial charge in [0.25, 0.3) is 0 Å². The van der Waals surface area contributed by atoms with Crippen molar-refractivity contribution < 1.29 is 0 Å². The van der Waals surface area contributed by atoms with Gasteiger partial charge in [0, 0.05) is 0 Å². The van der Waals surface area contributed by atoms with E-state index in [1.165, 1.54) is 5.56 Å². The predicted molar refractivity (Wildman–Crippen MR) is 90.4 cm³/mol. The summed E-state index contributed by atoms with van der Waals surface area (Å²) >= 11 is 0. The van der Waals surface area contributed by atoms with Crippen molar-refractivity contribution in [1.29, 1.82) is 0 Å². The first-order valence-corrected chi connectivity index (χ1v) is 5.83. The first kappa shape index (κ1) is 17.0. The molecule has 0 N–H and O–H groups in total. The molecule has 0 aliphatic carbocycles. The monoisotopic (exact) mass is 270 g/mol. The molecule has 0 aromatic heterocycles. The average molecular weight is 271 g/mol. The van der Waals surface area contributed by atoms with E-state index in [1.807, 2.05) is 72.8 Å². The van der Waals surface area contributed by atoms with Crippen molar-refractivity contribution in [1.82, 2.24) is 0 Å². The maximum absolute atomic E-state index is 3.69. The highest BCUT2D eigenvalue weighted by atomic mass is 35.5. The molecule has 0 heterocycles. The lowest BCUT2D eigenvalue weighted by atomic mass is 10.1. The van der Waals surface area contributed by atoms with E-state index in [0.717, 1.165) is 11.1 Å². The van der Waals surface area contributed by atoms with Crippen molar-refractivity contribution in [2.75, 3.05) is 0 Å². The fourth-order valence-electron chi connectivity index (χ4n) is 1.47. The Balaban J connectivity index is 0.000000331. The van der Waals surface area contributed by atoms with Gasteiger partial charge in [0.1, 0.15) is 0 Å². The third kappa shape index (κ3) is 5.89. The molecule has 2 rings (SSSR count). The van der Waals surface area contributed by atoms with Crippen molar-refractivity contribution in [2.24, 2.45) is 0 Å². The summed E-state index contributed by atoms with van der Waals surface area (Å²) in [7, 11) is 0. The summed E-state index contributed by atoms with van der Waals surface area (Å²) in [4.78, 5) is 0. The van der Waals surface area contributed by atoms with Crippen LogP contribution in [0.25, 0.3) is 18.2 Å². The molecule has 1 heteroatoms. The average Bonchev–Trinajstić information content (AvgIpc) is 2.48. The predicted octanol–water partition coefficient (Wildman–Crippen LogP) is 5.72. The Labute approximate surface area is 122 Å². The molecule has 0 aliphatic rings. The van der Waals surface area contributed by atoms with Crippen LogP contribution < -0.4 is 0 Å². The van der Waals surface area contributed by atoms with Gasteiger partial charge >= 0.3 is 0 Å². The van der Waals surface area contributed by atoms with Crippen LogP contribution in [0.4, 0.5) is 0 Å². The molecule has 0 aliphatic heterocycles. The van der Waals surface area contributed by atoms with E-state index < -0.39 is 0 Å². The minimum Gasteiger partial charge on any atom is -0.147 e. The highest BCUT2D eigenvalue weighted by Crippen LogP contribution is 2.10. The second-order valence-electron chi connectivity index (χ2n) is 3.65. The van der Waals surface area contributed by atoms with Gasteiger partial charge in [0.05, 0.1) is 0 Å². The zero-order valence-corrected chi connectivity index (χ0v) is 11.8. The van der Waals surface area contributed by atoms with Gasteiger partial charge in [-0.05, 0) is 16.7 Å². The van der Waals surface area contributed by atoms with Crippen LogP contribution in [0.3, 0.4) is 0 Å². The lowest BCUT2D eigenvalue weighted by Gasteiger charge is -1.96. The molecular formula is C18H19Cl. The Morgan fingerprint density at radius 3 is 1.32 bits per heavy atom. The van der Waals surface area contributed by atoms with Crippen LogP contribution in [0, 0.1) is 0 Å². The zero-order chi connectivity index (χ0) is 13.2. The van der Waals surface area contributed by atoms with Gasteiger partial charge in [0.2, 0.25) is 0 Å². The molecular weight excluding hydrogens is 252 g/mol. The molecule has 2 aromatic carbocycles. The maximum atomic E-state index is 3.69. The fraction of sp³-hybridized carbons (Fsp3) is 0. The van der Waals surface area contributed by atoms with Gasteiger partial charge in [-0.15, -0.1) is 12.4 Å². The number of halogens is 1. The van der Waals surface area contributed by atoms with Crippen LogP contribution in [-0.2, 0) is 0 Å². The van der Waals surface area contributed by atoms with Crippen LogP contribution in [0.1, 0.15) is 16.7 Å². The Morgan fingerprint density at radius 1 is 0.579 bits per heavy atom.